The number of hydrogen-bond acceptors (Lipinski definition) is 3. The normalized spacial score (nSPS) is 10.2. The molecule has 0 aliphatic rings. The summed E-state index contributed by atoms with van der Waals surface area (Å²) in [5.41, 5.74) is 4.52. The standard InChI is InChI=1S/C15H15ClN2O2/c1-10-5-6-13(16)14(7-10)20-9-11-3-2-4-12(8-11)15(19)18-17/h2-8H,9,17H2,1H3,(H,18,19). The fourth-order valence-corrected chi connectivity index (χ4v) is 1.94. The number of benzene rings is 2. The predicted octanol–water partition coefficient (Wildman–Crippen LogP) is 2.83. The molecule has 0 aliphatic heterocycles. The van der Waals surface area contributed by atoms with Crippen molar-refractivity contribution >= 4 is 17.5 Å². The molecular weight excluding hydrogens is 276 g/mol. The van der Waals surface area contributed by atoms with Crippen molar-refractivity contribution in [1.82, 2.24) is 5.43 Å². The van der Waals surface area contributed by atoms with Gasteiger partial charge in [0.2, 0.25) is 0 Å². The van der Waals surface area contributed by atoms with Gasteiger partial charge in [-0.2, -0.15) is 0 Å². The van der Waals surface area contributed by atoms with Gasteiger partial charge in [0, 0.05) is 5.56 Å². The summed E-state index contributed by atoms with van der Waals surface area (Å²) >= 11 is 6.06. The van der Waals surface area contributed by atoms with Gasteiger partial charge in [-0.05, 0) is 42.3 Å². The summed E-state index contributed by atoms with van der Waals surface area (Å²) in [6.45, 7) is 2.30. The van der Waals surface area contributed by atoms with E-state index in [1.54, 1.807) is 24.3 Å². The second-order valence-corrected chi connectivity index (χ2v) is 4.80. The molecule has 0 saturated heterocycles. The minimum atomic E-state index is -0.333. The second kappa shape index (κ2) is 6.41. The quantitative estimate of drug-likeness (QED) is 0.517. The van der Waals surface area contributed by atoms with E-state index in [0.717, 1.165) is 11.1 Å². The lowest BCUT2D eigenvalue weighted by atomic mass is 10.1. The van der Waals surface area contributed by atoms with E-state index in [-0.39, 0.29) is 5.91 Å². The van der Waals surface area contributed by atoms with Gasteiger partial charge >= 0.3 is 0 Å². The Balaban J connectivity index is 2.11. The number of nitrogen functional groups attached to an aromatic ring is 1. The number of hydrazine groups is 1. The molecule has 0 heterocycles. The van der Waals surface area contributed by atoms with Crippen LogP contribution in [0.2, 0.25) is 5.02 Å². The number of halogens is 1. The van der Waals surface area contributed by atoms with E-state index in [2.05, 4.69) is 5.43 Å². The van der Waals surface area contributed by atoms with Crippen molar-refractivity contribution < 1.29 is 9.53 Å². The van der Waals surface area contributed by atoms with E-state index >= 15 is 0 Å². The van der Waals surface area contributed by atoms with Crippen LogP contribution in [0.15, 0.2) is 42.5 Å². The average molecular weight is 291 g/mol. The lowest BCUT2D eigenvalue weighted by Crippen LogP contribution is -2.30. The van der Waals surface area contributed by atoms with Gasteiger partial charge in [0.25, 0.3) is 5.91 Å². The first-order valence-corrected chi connectivity index (χ1v) is 6.47. The number of carbonyl (C=O) groups excluding carboxylic acids is 1. The highest BCUT2D eigenvalue weighted by molar-refractivity contribution is 6.32. The molecule has 0 aromatic heterocycles. The smallest absolute Gasteiger partial charge is 0.265 e. The molecule has 0 fully saturated rings. The van der Waals surface area contributed by atoms with Crippen molar-refractivity contribution in [2.75, 3.05) is 0 Å². The van der Waals surface area contributed by atoms with Crippen molar-refractivity contribution in [2.24, 2.45) is 5.84 Å². The molecule has 0 spiro atoms. The molecule has 0 atom stereocenters. The summed E-state index contributed by atoms with van der Waals surface area (Å²) in [5, 5.41) is 0.562. The molecule has 0 saturated carbocycles. The number of carbonyl (C=O) groups is 1. The molecule has 0 bridgehead atoms. The molecule has 2 rings (SSSR count). The van der Waals surface area contributed by atoms with E-state index in [9.17, 15) is 4.79 Å². The van der Waals surface area contributed by atoms with Crippen molar-refractivity contribution in [2.45, 2.75) is 13.5 Å². The van der Waals surface area contributed by atoms with Crippen molar-refractivity contribution in [3.8, 4) is 5.75 Å². The van der Waals surface area contributed by atoms with Gasteiger partial charge < -0.3 is 4.74 Å². The van der Waals surface area contributed by atoms with E-state index in [1.807, 2.05) is 25.1 Å². The van der Waals surface area contributed by atoms with Crippen LogP contribution in [0.5, 0.6) is 5.75 Å². The third-order valence-corrected chi connectivity index (χ3v) is 3.11. The van der Waals surface area contributed by atoms with Crippen molar-refractivity contribution in [3.63, 3.8) is 0 Å². The number of hydrogen-bond donors (Lipinski definition) is 2. The Morgan fingerprint density at radius 2 is 2.10 bits per heavy atom. The predicted molar refractivity (Wildman–Crippen MR) is 78.6 cm³/mol. The topological polar surface area (TPSA) is 64.3 Å². The molecule has 0 aliphatic carbocycles. The van der Waals surface area contributed by atoms with E-state index in [4.69, 9.17) is 22.2 Å². The van der Waals surface area contributed by atoms with E-state index in [1.165, 1.54) is 0 Å². The Kier molecular flexibility index (Phi) is 4.61. The SMILES string of the molecule is Cc1ccc(Cl)c(OCc2cccc(C(=O)NN)c2)c1. The fourth-order valence-electron chi connectivity index (χ4n) is 1.77. The zero-order valence-corrected chi connectivity index (χ0v) is 11.8. The first-order valence-electron chi connectivity index (χ1n) is 6.09. The summed E-state index contributed by atoms with van der Waals surface area (Å²) in [4.78, 5) is 11.4. The summed E-state index contributed by atoms with van der Waals surface area (Å²) in [6, 6.07) is 12.7. The Labute approximate surface area is 122 Å². The number of rotatable bonds is 4. The molecule has 1 amide bonds. The van der Waals surface area contributed by atoms with Crippen LogP contribution in [0, 0.1) is 6.92 Å². The zero-order valence-electron chi connectivity index (χ0n) is 11.0. The van der Waals surface area contributed by atoms with Crippen LogP contribution in [-0.4, -0.2) is 5.91 Å². The number of amides is 1. The van der Waals surface area contributed by atoms with Crippen LogP contribution in [0.25, 0.3) is 0 Å². The summed E-state index contributed by atoms with van der Waals surface area (Å²) in [5.74, 6) is 5.40. The van der Waals surface area contributed by atoms with Gasteiger partial charge in [-0.1, -0.05) is 29.8 Å². The number of aryl methyl sites for hydroxylation is 1. The van der Waals surface area contributed by atoms with E-state index in [0.29, 0.717) is 22.9 Å². The highest BCUT2D eigenvalue weighted by atomic mass is 35.5. The first kappa shape index (κ1) is 14.4. The molecule has 4 nitrogen and oxygen atoms in total. The third kappa shape index (κ3) is 3.50. The van der Waals surface area contributed by atoms with Gasteiger partial charge in [-0.25, -0.2) is 5.84 Å². The molecule has 2 aromatic carbocycles. The molecule has 2 aromatic rings. The minimum Gasteiger partial charge on any atom is -0.487 e. The maximum atomic E-state index is 11.4. The molecule has 20 heavy (non-hydrogen) atoms. The Hall–Kier alpha value is -2.04. The van der Waals surface area contributed by atoms with Gasteiger partial charge in [-0.3, -0.25) is 10.2 Å². The maximum Gasteiger partial charge on any atom is 0.265 e. The van der Waals surface area contributed by atoms with Crippen LogP contribution < -0.4 is 16.0 Å². The molecule has 104 valence electrons. The van der Waals surface area contributed by atoms with Crippen LogP contribution >= 0.6 is 11.6 Å². The molecule has 0 unspecified atom stereocenters. The summed E-state index contributed by atoms with van der Waals surface area (Å²) in [7, 11) is 0. The van der Waals surface area contributed by atoms with Crippen molar-refractivity contribution in [3.05, 3.63) is 64.2 Å². The van der Waals surface area contributed by atoms with Crippen LogP contribution in [0.4, 0.5) is 0 Å². The second-order valence-electron chi connectivity index (χ2n) is 4.40. The molecule has 3 N–H and O–H groups in total. The average Bonchev–Trinajstić information content (AvgIpc) is 2.47. The largest absolute Gasteiger partial charge is 0.487 e. The number of nitrogens with two attached hydrogens (primary N) is 1. The van der Waals surface area contributed by atoms with E-state index < -0.39 is 0 Å². The van der Waals surface area contributed by atoms with Crippen LogP contribution in [-0.2, 0) is 6.61 Å². The maximum absolute atomic E-state index is 11.4. The summed E-state index contributed by atoms with van der Waals surface area (Å²) in [6.07, 6.45) is 0. The lowest BCUT2D eigenvalue weighted by molar-refractivity contribution is 0.0953. The zero-order chi connectivity index (χ0) is 14.5. The lowest BCUT2D eigenvalue weighted by Gasteiger charge is -2.09. The van der Waals surface area contributed by atoms with Gasteiger partial charge in [-0.15, -0.1) is 0 Å². The number of nitrogens with one attached hydrogen (secondary N) is 1. The highest BCUT2D eigenvalue weighted by Crippen LogP contribution is 2.26. The molecular formula is C15H15ClN2O2. The van der Waals surface area contributed by atoms with Gasteiger partial charge in [0.05, 0.1) is 5.02 Å². The highest BCUT2D eigenvalue weighted by Gasteiger charge is 2.06. The summed E-state index contributed by atoms with van der Waals surface area (Å²) < 4.78 is 5.68. The van der Waals surface area contributed by atoms with Crippen LogP contribution in [0.3, 0.4) is 0 Å². The third-order valence-electron chi connectivity index (χ3n) is 2.80. The Morgan fingerprint density at radius 3 is 2.85 bits per heavy atom. The fraction of sp³-hybridized carbons (Fsp3) is 0.133. The van der Waals surface area contributed by atoms with Crippen molar-refractivity contribution in [1.29, 1.82) is 0 Å². The Morgan fingerprint density at radius 1 is 1.30 bits per heavy atom. The minimum absolute atomic E-state index is 0.328. The Bertz CT molecular complexity index is 629. The van der Waals surface area contributed by atoms with Gasteiger partial charge in [0.15, 0.2) is 0 Å². The molecule has 5 heteroatoms. The monoisotopic (exact) mass is 290 g/mol. The number of ether oxygens (including phenoxy) is 1. The first-order chi connectivity index (χ1) is 9.60. The molecule has 0 radical (unpaired) electrons. The van der Waals surface area contributed by atoms with Gasteiger partial charge in [0.1, 0.15) is 12.4 Å². The van der Waals surface area contributed by atoms with Crippen LogP contribution in [0.1, 0.15) is 21.5 Å².